The number of hydrogen-bond acceptors (Lipinski definition) is 4. The molecule has 0 radical (unpaired) electrons. The molecular formula is C17H13F2N3O2S. The molecule has 2 N–H and O–H groups in total. The molecule has 0 spiro atoms. The van der Waals surface area contributed by atoms with E-state index in [0.29, 0.717) is 21.7 Å². The summed E-state index contributed by atoms with van der Waals surface area (Å²) in [7, 11) is 0. The molecule has 128 valence electrons. The highest BCUT2D eigenvalue weighted by molar-refractivity contribution is 7.99. The van der Waals surface area contributed by atoms with Crippen LogP contribution in [-0.2, 0) is 4.79 Å². The maximum Gasteiger partial charge on any atom is 0.263 e. The summed E-state index contributed by atoms with van der Waals surface area (Å²) in [6.45, 7) is 0. The van der Waals surface area contributed by atoms with Gasteiger partial charge in [-0.1, -0.05) is 36.0 Å². The highest BCUT2D eigenvalue weighted by atomic mass is 32.2. The van der Waals surface area contributed by atoms with Crippen LogP contribution in [0.4, 0.5) is 14.5 Å². The van der Waals surface area contributed by atoms with Crippen LogP contribution in [0.2, 0.25) is 0 Å². The number of benzene rings is 2. The van der Waals surface area contributed by atoms with Gasteiger partial charge in [0.15, 0.2) is 5.16 Å². The monoisotopic (exact) mass is 361 g/mol. The lowest BCUT2D eigenvalue weighted by Crippen LogP contribution is -2.15. The van der Waals surface area contributed by atoms with Gasteiger partial charge in [0.25, 0.3) is 12.0 Å². The quantitative estimate of drug-likeness (QED) is 0.538. The third-order valence-electron chi connectivity index (χ3n) is 3.38. The van der Waals surface area contributed by atoms with Gasteiger partial charge in [-0.3, -0.25) is 9.59 Å². The number of carbonyl (C=O) groups excluding carboxylic acids is 1. The zero-order chi connectivity index (χ0) is 17.8. The van der Waals surface area contributed by atoms with E-state index in [1.165, 1.54) is 24.3 Å². The van der Waals surface area contributed by atoms with Gasteiger partial charge in [-0.05, 0) is 24.3 Å². The normalized spacial score (nSPS) is 11.0. The molecule has 0 aliphatic heterocycles. The number of amides is 1. The van der Waals surface area contributed by atoms with Gasteiger partial charge in [-0.2, -0.15) is 0 Å². The Kier molecular flexibility index (Phi) is 5.08. The van der Waals surface area contributed by atoms with Crippen molar-refractivity contribution in [3.05, 3.63) is 64.4 Å². The first-order chi connectivity index (χ1) is 12.0. The number of thioether (sulfide) groups is 1. The van der Waals surface area contributed by atoms with Gasteiger partial charge in [0, 0.05) is 11.3 Å². The van der Waals surface area contributed by atoms with Gasteiger partial charge in [-0.25, -0.2) is 13.8 Å². The third kappa shape index (κ3) is 4.21. The van der Waals surface area contributed by atoms with Crippen molar-refractivity contribution in [2.24, 2.45) is 0 Å². The summed E-state index contributed by atoms with van der Waals surface area (Å²) >= 11 is 1.09. The van der Waals surface area contributed by atoms with E-state index in [-0.39, 0.29) is 22.8 Å². The summed E-state index contributed by atoms with van der Waals surface area (Å²) in [6, 6.07) is 12.3. The molecule has 8 heteroatoms. The molecule has 0 aliphatic rings. The van der Waals surface area contributed by atoms with Crippen molar-refractivity contribution in [2.75, 3.05) is 11.1 Å². The Balaban J connectivity index is 1.63. The molecule has 3 aromatic rings. The number of hydrogen-bond donors (Lipinski definition) is 2. The molecular weight excluding hydrogens is 348 g/mol. The van der Waals surface area contributed by atoms with Crippen molar-refractivity contribution in [3.8, 4) is 0 Å². The van der Waals surface area contributed by atoms with E-state index in [1.807, 2.05) is 0 Å². The Morgan fingerprint density at radius 3 is 2.60 bits per heavy atom. The minimum Gasteiger partial charge on any atom is -0.325 e. The highest BCUT2D eigenvalue weighted by Crippen LogP contribution is 2.21. The smallest absolute Gasteiger partial charge is 0.263 e. The van der Waals surface area contributed by atoms with Crippen molar-refractivity contribution >= 4 is 34.3 Å². The van der Waals surface area contributed by atoms with Gasteiger partial charge >= 0.3 is 0 Å². The zero-order valence-corrected chi connectivity index (χ0v) is 13.6. The summed E-state index contributed by atoms with van der Waals surface area (Å²) in [4.78, 5) is 30.8. The third-order valence-corrected chi connectivity index (χ3v) is 4.25. The van der Waals surface area contributed by atoms with Crippen molar-refractivity contribution in [1.82, 2.24) is 9.97 Å². The standard InChI is InChI=1S/C17H13F2N3O2S/c18-15(19)10-5-7-11(8-6-10)20-14(23)9-25-17-21-13-4-2-1-3-12(13)16(24)22-17/h1-8,15H,9H2,(H,20,23)(H,21,22,24). The fourth-order valence-electron chi connectivity index (χ4n) is 2.18. The molecule has 0 aliphatic carbocycles. The van der Waals surface area contributed by atoms with Crippen LogP contribution in [0, 0.1) is 0 Å². The number of aromatic nitrogens is 2. The minimum atomic E-state index is -2.55. The number of nitrogens with one attached hydrogen (secondary N) is 2. The van der Waals surface area contributed by atoms with Crippen molar-refractivity contribution < 1.29 is 13.6 Å². The first-order valence-corrected chi connectivity index (χ1v) is 8.31. The molecule has 5 nitrogen and oxygen atoms in total. The van der Waals surface area contributed by atoms with Gasteiger partial charge in [-0.15, -0.1) is 0 Å². The molecule has 0 bridgehead atoms. The second-order valence-corrected chi connectivity index (χ2v) is 6.11. The van der Waals surface area contributed by atoms with E-state index in [4.69, 9.17) is 0 Å². The topological polar surface area (TPSA) is 74.8 Å². The van der Waals surface area contributed by atoms with Gasteiger partial charge < -0.3 is 10.3 Å². The molecule has 3 rings (SSSR count). The largest absolute Gasteiger partial charge is 0.325 e. The van der Waals surface area contributed by atoms with Crippen LogP contribution in [0.15, 0.2) is 58.5 Å². The summed E-state index contributed by atoms with van der Waals surface area (Å²) < 4.78 is 25.0. The molecule has 1 heterocycles. The average molecular weight is 361 g/mol. The summed E-state index contributed by atoms with van der Waals surface area (Å²) in [5.41, 5.74) is 0.605. The second-order valence-electron chi connectivity index (χ2n) is 5.15. The molecule has 25 heavy (non-hydrogen) atoms. The Morgan fingerprint density at radius 2 is 1.88 bits per heavy atom. The SMILES string of the molecule is O=C(CSc1nc2ccccc2c(=O)[nH]1)Nc1ccc(C(F)F)cc1. The highest BCUT2D eigenvalue weighted by Gasteiger charge is 2.09. The van der Waals surface area contributed by atoms with Crippen LogP contribution < -0.4 is 10.9 Å². The fraction of sp³-hybridized carbons (Fsp3) is 0.118. The van der Waals surface area contributed by atoms with Crippen molar-refractivity contribution in [2.45, 2.75) is 11.6 Å². The molecule has 1 aromatic heterocycles. The lowest BCUT2D eigenvalue weighted by atomic mass is 10.2. The van der Waals surface area contributed by atoms with Gasteiger partial charge in [0.2, 0.25) is 5.91 Å². The Labute approximate surface area is 145 Å². The van der Waals surface area contributed by atoms with Crippen molar-refractivity contribution in [1.29, 1.82) is 0 Å². The Bertz CT molecular complexity index is 958. The van der Waals surface area contributed by atoms with Gasteiger partial charge in [0.05, 0.1) is 16.7 Å². The molecule has 0 unspecified atom stereocenters. The van der Waals surface area contributed by atoms with Crippen LogP contribution in [-0.4, -0.2) is 21.6 Å². The zero-order valence-electron chi connectivity index (χ0n) is 12.8. The van der Waals surface area contributed by atoms with E-state index < -0.39 is 6.43 Å². The molecule has 0 saturated carbocycles. The maximum absolute atomic E-state index is 12.5. The van der Waals surface area contributed by atoms with E-state index in [9.17, 15) is 18.4 Å². The average Bonchev–Trinajstić information content (AvgIpc) is 2.60. The minimum absolute atomic E-state index is 0.0257. The number of H-pyrrole nitrogens is 1. The van der Waals surface area contributed by atoms with Crippen LogP contribution in [0.25, 0.3) is 10.9 Å². The number of para-hydroxylation sites is 1. The number of fused-ring (bicyclic) bond motifs is 1. The number of halogens is 2. The number of anilines is 1. The number of alkyl halides is 2. The van der Waals surface area contributed by atoms with E-state index in [0.717, 1.165) is 11.8 Å². The van der Waals surface area contributed by atoms with Crippen LogP contribution >= 0.6 is 11.8 Å². The molecule has 0 fully saturated rings. The number of nitrogens with zero attached hydrogens (tertiary/aromatic N) is 1. The number of carbonyl (C=O) groups is 1. The first-order valence-electron chi connectivity index (χ1n) is 7.33. The van der Waals surface area contributed by atoms with Gasteiger partial charge in [0.1, 0.15) is 0 Å². The molecule has 0 saturated heterocycles. The fourth-order valence-corrected chi connectivity index (χ4v) is 2.84. The number of rotatable bonds is 5. The lowest BCUT2D eigenvalue weighted by Gasteiger charge is -2.06. The predicted octanol–water partition coefficient (Wildman–Crippen LogP) is 3.59. The number of aromatic amines is 1. The van der Waals surface area contributed by atoms with Crippen molar-refractivity contribution in [3.63, 3.8) is 0 Å². The Hall–Kier alpha value is -2.74. The predicted molar refractivity (Wildman–Crippen MR) is 93.1 cm³/mol. The maximum atomic E-state index is 12.5. The molecule has 1 amide bonds. The lowest BCUT2D eigenvalue weighted by molar-refractivity contribution is -0.113. The summed E-state index contributed by atoms with van der Waals surface area (Å²) in [6.07, 6.45) is -2.55. The first kappa shape index (κ1) is 17.1. The van der Waals surface area contributed by atoms with Crippen LogP contribution in [0.1, 0.15) is 12.0 Å². The summed E-state index contributed by atoms with van der Waals surface area (Å²) in [5, 5.41) is 3.43. The van der Waals surface area contributed by atoms with Crippen LogP contribution in [0.3, 0.4) is 0 Å². The molecule has 0 atom stereocenters. The Morgan fingerprint density at radius 1 is 1.16 bits per heavy atom. The second kappa shape index (κ2) is 7.43. The van der Waals surface area contributed by atoms with E-state index in [2.05, 4.69) is 15.3 Å². The molecule has 2 aromatic carbocycles. The van der Waals surface area contributed by atoms with Crippen LogP contribution in [0.5, 0.6) is 0 Å². The van der Waals surface area contributed by atoms with E-state index in [1.54, 1.807) is 24.3 Å². The summed E-state index contributed by atoms with van der Waals surface area (Å²) in [5.74, 6) is -0.302. The van der Waals surface area contributed by atoms with E-state index >= 15 is 0 Å².